The van der Waals surface area contributed by atoms with Crippen LogP contribution in [-0.2, 0) is 18.2 Å². The van der Waals surface area contributed by atoms with Gasteiger partial charge in [0, 0.05) is 25.7 Å². The largest absolute Gasteiger partial charge is 0.444 e. The van der Waals surface area contributed by atoms with Gasteiger partial charge in [-0.1, -0.05) is 0 Å². The van der Waals surface area contributed by atoms with Crippen LogP contribution in [-0.4, -0.2) is 50.7 Å². The van der Waals surface area contributed by atoms with Crippen LogP contribution < -0.4 is 0 Å². The van der Waals surface area contributed by atoms with Gasteiger partial charge in [0.2, 0.25) is 0 Å². The number of aliphatic hydroxyl groups is 1. The maximum absolute atomic E-state index is 12.0. The van der Waals surface area contributed by atoms with Gasteiger partial charge in [0.1, 0.15) is 5.60 Å². The number of aryl methyl sites for hydroxylation is 1. The summed E-state index contributed by atoms with van der Waals surface area (Å²) < 4.78 is 7.07. The van der Waals surface area contributed by atoms with Gasteiger partial charge in [0.05, 0.1) is 18.3 Å². The summed E-state index contributed by atoms with van der Waals surface area (Å²) in [6.07, 6.45) is 1.66. The van der Waals surface area contributed by atoms with Gasteiger partial charge in [-0.3, -0.25) is 4.68 Å². The molecule has 2 unspecified atom stereocenters. The second kappa shape index (κ2) is 5.44. The standard InChI is InChI=1S/C14H23N3O3/c1-14(2,3)20-13(19)17-8-10(12(18)9-17)7-11-5-6-16(4)15-11/h5-6,10,12,18H,7-9H2,1-4H3. The van der Waals surface area contributed by atoms with E-state index in [0.717, 1.165) is 5.69 Å². The molecule has 1 fully saturated rings. The Hall–Kier alpha value is -1.56. The molecular weight excluding hydrogens is 258 g/mol. The van der Waals surface area contributed by atoms with Crippen LogP contribution in [0.2, 0.25) is 0 Å². The highest BCUT2D eigenvalue weighted by Crippen LogP contribution is 2.22. The minimum absolute atomic E-state index is 0.0115. The molecule has 0 saturated carbocycles. The quantitative estimate of drug-likeness (QED) is 0.884. The van der Waals surface area contributed by atoms with Crippen molar-refractivity contribution in [3.63, 3.8) is 0 Å². The molecule has 0 aromatic carbocycles. The van der Waals surface area contributed by atoms with Crippen molar-refractivity contribution in [2.75, 3.05) is 13.1 Å². The summed E-state index contributed by atoms with van der Waals surface area (Å²) in [7, 11) is 1.86. The van der Waals surface area contributed by atoms with Crippen LogP contribution in [0.3, 0.4) is 0 Å². The molecule has 1 N–H and O–H groups in total. The molecule has 2 heterocycles. The first-order valence-corrected chi connectivity index (χ1v) is 6.89. The SMILES string of the molecule is Cn1ccc(CC2CN(C(=O)OC(C)(C)C)CC2O)n1. The molecule has 2 rings (SSSR count). The van der Waals surface area contributed by atoms with E-state index < -0.39 is 11.7 Å². The van der Waals surface area contributed by atoms with E-state index in [1.165, 1.54) is 0 Å². The van der Waals surface area contributed by atoms with Crippen LogP contribution in [0.1, 0.15) is 26.5 Å². The molecule has 6 heteroatoms. The van der Waals surface area contributed by atoms with Crippen molar-refractivity contribution in [1.82, 2.24) is 14.7 Å². The molecule has 1 aromatic heterocycles. The molecule has 6 nitrogen and oxygen atoms in total. The number of carbonyl (C=O) groups is 1. The van der Waals surface area contributed by atoms with Gasteiger partial charge >= 0.3 is 6.09 Å². The van der Waals surface area contributed by atoms with Crippen molar-refractivity contribution < 1.29 is 14.6 Å². The number of amides is 1. The van der Waals surface area contributed by atoms with Crippen molar-refractivity contribution in [2.24, 2.45) is 13.0 Å². The third-order valence-corrected chi connectivity index (χ3v) is 3.30. The summed E-state index contributed by atoms with van der Waals surface area (Å²) in [6, 6.07) is 1.93. The molecule has 0 radical (unpaired) electrons. The Kier molecular flexibility index (Phi) is 4.04. The molecule has 2 atom stereocenters. The molecule has 1 aliphatic heterocycles. The lowest BCUT2D eigenvalue weighted by molar-refractivity contribution is 0.0269. The number of carbonyl (C=O) groups excluding carboxylic acids is 1. The Morgan fingerprint density at radius 3 is 2.75 bits per heavy atom. The van der Waals surface area contributed by atoms with Crippen molar-refractivity contribution in [1.29, 1.82) is 0 Å². The summed E-state index contributed by atoms with van der Waals surface area (Å²) in [4.78, 5) is 13.6. The monoisotopic (exact) mass is 281 g/mol. The minimum atomic E-state index is -0.524. The number of hydrogen-bond acceptors (Lipinski definition) is 4. The number of nitrogens with zero attached hydrogens (tertiary/aromatic N) is 3. The lowest BCUT2D eigenvalue weighted by Gasteiger charge is -2.24. The summed E-state index contributed by atoms with van der Waals surface area (Å²) in [5.74, 6) is 0.0115. The fourth-order valence-corrected chi connectivity index (χ4v) is 2.37. The second-order valence-corrected chi connectivity index (χ2v) is 6.40. The Balaban J connectivity index is 1.93. The number of likely N-dealkylation sites (tertiary alicyclic amines) is 1. The number of hydrogen-bond donors (Lipinski definition) is 1. The lowest BCUT2D eigenvalue weighted by atomic mass is 10.0. The summed E-state index contributed by atoms with van der Waals surface area (Å²) in [5.41, 5.74) is 0.420. The molecule has 0 spiro atoms. The van der Waals surface area contributed by atoms with Crippen molar-refractivity contribution in [3.05, 3.63) is 18.0 Å². The lowest BCUT2D eigenvalue weighted by Crippen LogP contribution is -2.35. The Labute approximate surface area is 119 Å². The fraction of sp³-hybridized carbons (Fsp3) is 0.714. The van der Waals surface area contributed by atoms with Gasteiger partial charge in [0.15, 0.2) is 0 Å². The number of aliphatic hydroxyl groups excluding tert-OH is 1. The maximum Gasteiger partial charge on any atom is 0.410 e. The highest BCUT2D eigenvalue weighted by atomic mass is 16.6. The van der Waals surface area contributed by atoms with Crippen LogP contribution >= 0.6 is 0 Å². The van der Waals surface area contributed by atoms with E-state index in [2.05, 4.69) is 5.10 Å². The first-order chi connectivity index (χ1) is 9.24. The summed E-state index contributed by atoms with van der Waals surface area (Å²) in [5, 5.41) is 14.4. The van der Waals surface area contributed by atoms with Crippen LogP contribution in [0.5, 0.6) is 0 Å². The average Bonchev–Trinajstić information content (AvgIpc) is 2.85. The van der Waals surface area contributed by atoms with Crippen molar-refractivity contribution in [2.45, 2.75) is 38.9 Å². The molecule has 1 saturated heterocycles. The summed E-state index contributed by atoms with van der Waals surface area (Å²) in [6.45, 7) is 6.34. The molecule has 0 aliphatic carbocycles. The van der Waals surface area contributed by atoms with Gasteiger partial charge in [-0.2, -0.15) is 5.10 Å². The first-order valence-electron chi connectivity index (χ1n) is 6.89. The van der Waals surface area contributed by atoms with Crippen LogP contribution in [0.15, 0.2) is 12.3 Å². The van der Waals surface area contributed by atoms with Crippen LogP contribution in [0.25, 0.3) is 0 Å². The van der Waals surface area contributed by atoms with Crippen LogP contribution in [0.4, 0.5) is 4.79 Å². The van der Waals surface area contributed by atoms with E-state index >= 15 is 0 Å². The zero-order valence-corrected chi connectivity index (χ0v) is 12.5. The smallest absolute Gasteiger partial charge is 0.410 e. The number of aromatic nitrogens is 2. The number of ether oxygens (including phenoxy) is 1. The normalized spacial score (nSPS) is 23.1. The molecule has 1 amide bonds. The van der Waals surface area contributed by atoms with E-state index in [9.17, 15) is 9.90 Å². The Morgan fingerprint density at radius 1 is 1.50 bits per heavy atom. The second-order valence-electron chi connectivity index (χ2n) is 6.40. The van der Waals surface area contributed by atoms with E-state index in [1.807, 2.05) is 40.1 Å². The molecule has 1 aliphatic rings. The highest BCUT2D eigenvalue weighted by molar-refractivity contribution is 5.68. The van der Waals surface area contributed by atoms with Crippen molar-refractivity contribution >= 4 is 6.09 Å². The van der Waals surface area contributed by atoms with Gasteiger partial charge in [0.25, 0.3) is 0 Å². The van der Waals surface area contributed by atoms with Gasteiger partial charge in [-0.05, 0) is 33.3 Å². The average molecular weight is 281 g/mol. The molecular formula is C14H23N3O3. The summed E-state index contributed by atoms with van der Waals surface area (Å²) >= 11 is 0. The fourth-order valence-electron chi connectivity index (χ4n) is 2.37. The van der Waals surface area contributed by atoms with E-state index in [-0.39, 0.29) is 12.0 Å². The van der Waals surface area contributed by atoms with E-state index in [4.69, 9.17) is 4.74 Å². The zero-order valence-electron chi connectivity index (χ0n) is 12.5. The van der Waals surface area contributed by atoms with Gasteiger partial charge < -0.3 is 14.7 Å². The number of rotatable bonds is 2. The Morgan fingerprint density at radius 2 is 2.20 bits per heavy atom. The van der Waals surface area contributed by atoms with Gasteiger partial charge in [-0.15, -0.1) is 0 Å². The zero-order chi connectivity index (χ0) is 14.9. The number of β-amino-alcohol motifs (C(OH)–C–C–N with tert-alkyl or cyclic N) is 1. The van der Waals surface area contributed by atoms with E-state index in [0.29, 0.717) is 19.5 Å². The maximum atomic E-state index is 12.0. The molecule has 20 heavy (non-hydrogen) atoms. The predicted molar refractivity (Wildman–Crippen MR) is 74.2 cm³/mol. The van der Waals surface area contributed by atoms with Crippen LogP contribution in [0, 0.1) is 5.92 Å². The molecule has 1 aromatic rings. The van der Waals surface area contributed by atoms with Crippen molar-refractivity contribution in [3.8, 4) is 0 Å². The predicted octanol–water partition coefficient (Wildman–Crippen LogP) is 1.19. The topological polar surface area (TPSA) is 67.6 Å². The third-order valence-electron chi connectivity index (χ3n) is 3.30. The van der Waals surface area contributed by atoms with E-state index in [1.54, 1.807) is 9.58 Å². The highest BCUT2D eigenvalue weighted by Gasteiger charge is 2.36. The van der Waals surface area contributed by atoms with Gasteiger partial charge in [-0.25, -0.2) is 4.79 Å². The molecule has 112 valence electrons. The molecule has 0 bridgehead atoms. The Bertz CT molecular complexity index is 478. The first kappa shape index (κ1) is 14.8. The minimum Gasteiger partial charge on any atom is -0.444 e. The third kappa shape index (κ3) is 3.72.